The van der Waals surface area contributed by atoms with Crippen LogP contribution in [0, 0.1) is 5.92 Å². The van der Waals surface area contributed by atoms with Crippen molar-refractivity contribution in [2.24, 2.45) is 11.0 Å². The molecule has 0 aliphatic carbocycles. The molecule has 1 aliphatic rings. The fourth-order valence-electron chi connectivity index (χ4n) is 1.57. The van der Waals surface area contributed by atoms with Crippen molar-refractivity contribution in [3.05, 3.63) is 10.4 Å². The number of aliphatic hydroxyl groups is 4. The van der Waals surface area contributed by atoms with Crippen molar-refractivity contribution < 1.29 is 25.2 Å². The van der Waals surface area contributed by atoms with Crippen molar-refractivity contribution >= 4 is 0 Å². The van der Waals surface area contributed by atoms with Gasteiger partial charge in [-0.1, -0.05) is 5.11 Å². The molecule has 1 aliphatic heterocycles. The van der Waals surface area contributed by atoms with E-state index in [1.807, 2.05) is 0 Å². The zero-order valence-electron chi connectivity index (χ0n) is 7.84. The minimum atomic E-state index is -1.44. The molecule has 1 fully saturated rings. The highest BCUT2D eigenvalue weighted by molar-refractivity contribution is 4.91. The minimum absolute atomic E-state index is 0.115. The molecule has 0 spiro atoms. The largest absolute Gasteiger partial charge is 0.394 e. The van der Waals surface area contributed by atoms with Gasteiger partial charge < -0.3 is 25.2 Å². The van der Waals surface area contributed by atoms with Crippen LogP contribution in [0.2, 0.25) is 0 Å². The number of hydrogen-bond acceptors (Lipinski definition) is 6. The van der Waals surface area contributed by atoms with E-state index in [1.54, 1.807) is 0 Å². The number of azide groups is 1. The van der Waals surface area contributed by atoms with Crippen molar-refractivity contribution in [1.29, 1.82) is 0 Å². The lowest BCUT2D eigenvalue weighted by Gasteiger charge is -2.21. The lowest BCUT2D eigenvalue weighted by molar-refractivity contribution is -0.149. The summed E-state index contributed by atoms with van der Waals surface area (Å²) in [5.74, 6) is -0.724. The van der Waals surface area contributed by atoms with Crippen LogP contribution >= 0.6 is 0 Å². The van der Waals surface area contributed by atoms with Gasteiger partial charge in [-0.3, -0.25) is 0 Å². The van der Waals surface area contributed by atoms with Crippen LogP contribution in [0.1, 0.15) is 0 Å². The van der Waals surface area contributed by atoms with E-state index >= 15 is 0 Å². The molecule has 0 amide bonds. The van der Waals surface area contributed by atoms with Gasteiger partial charge in [0.2, 0.25) is 0 Å². The Bertz CT molecular complexity index is 257. The second kappa shape index (κ2) is 5.26. The molecular formula is C7H13N3O5. The average molecular weight is 219 g/mol. The summed E-state index contributed by atoms with van der Waals surface area (Å²) in [5.41, 5.74) is 8.12. The zero-order chi connectivity index (χ0) is 11.4. The smallest absolute Gasteiger partial charge is 0.181 e. The summed E-state index contributed by atoms with van der Waals surface area (Å²) in [6, 6.07) is 0. The summed E-state index contributed by atoms with van der Waals surface area (Å²) in [7, 11) is 0. The monoisotopic (exact) mass is 219 g/mol. The van der Waals surface area contributed by atoms with Crippen LogP contribution in [0.4, 0.5) is 0 Å². The van der Waals surface area contributed by atoms with E-state index in [0.717, 1.165) is 0 Å². The molecule has 0 aromatic carbocycles. The third-order valence-corrected chi connectivity index (χ3v) is 2.37. The fraction of sp³-hybridized carbons (Fsp3) is 1.00. The van der Waals surface area contributed by atoms with Crippen LogP contribution in [-0.2, 0) is 4.74 Å². The maximum Gasteiger partial charge on any atom is 0.181 e. The average Bonchev–Trinajstić information content (AvgIpc) is 2.52. The van der Waals surface area contributed by atoms with Gasteiger partial charge >= 0.3 is 0 Å². The summed E-state index contributed by atoms with van der Waals surface area (Å²) >= 11 is 0. The Morgan fingerprint density at radius 1 is 1.47 bits per heavy atom. The maximum absolute atomic E-state index is 9.45. The summed E-state index contributed by atoms with van der Waals surface area (Å²) in [6.45, 7) is -0.673. The lowest BCUT2D eigenvalue weighted by Crippen LogP contribution is -2.38. The quantitative estimate of drug-likeness (QED) is 0.254. The summed E-state index contributed by atoms with van der Waals surface area (Å²) in [4.78, 5) is 2.51. The number of aliphatic hydroxyl groups excluding tert-OH is 4. The van der Waals surface area contributed by atoms with E-state index in [-0.39, 0.29) is 6.54 Å². The molecule has 5 atom stereocenters. The fourth-order valence-corrected chi connectivity index (χ4v) is 1.57. The van der Waals surface area contributed by atoms with Crippen molar-refractivity contribution in [3.8, 4) is 0 Å². The van der Waals surface area contributed by atoms with Crippen molar-refractivity contribution in [3.63, 3.8) is 0 Å². The van der Waals surface area contributed by atoms with Gasteiger partial charge in [0.1, 0.15) is 12.2 Å². The Morgan fingerprint density at radius 2 is 2.13 bits per heavy atom. The van der Waals surface area contributed by atoms with E-state index in [0.29, 0.717) is 0 Å². The lowest BCUT2D eigenvalue weighted by atomic mass is 9.95. The molecule has 0 radical (unpaired) electrons. The first kappa shape index (κ1) is 12.2. The van der Waals surface area contributed by atoms with Gasteiger partial charge in [-0.05, 0) is 5.53 Å². The number of rotatable bonds is 4. The molecule has 0 bridgehead atoms. The number of hydrogen-bond donors (Lipinski definition) is 4. The van der Waals surface area contributed by atoms with E-state index < -0.39 is 37.1 Å². The molecular weight excluding hydrogens is 206 g/mol. The van der Waals surface area contributed by atoms with Crippen LogP contribution in [0.25, 0.3) is 10.4 Å². The van der Waals surface area contributed by atoms with Crippen LogP contribution in [0.3, 0.4) is 0 Å². The van der Waals surface area contributed by atoms with Gasteiger partial charge in [-0.25, -0.2) is 0 Å². The molecule has 1 rings (SSSR count). The zero-order valence-corrected chi connectivity index (χ0v) is 7.84. The van der Waals surface area contributed by atoms with Crippen molar-refractivity contribution in [2.45, 2.75) is 24.6 Å². The van der Waals surface area contributed by atoms with E-state index in [1.165, 1.54) is 0 Å². The van der Waals surface area contributed by atoms with Crippen LogP contribution in [0.15, 0.2) is 5.11 Å². The van der Waals surface area contributed by atoms with Gasteiger partial charge in [0.05, 0.1) is 12.7 Å². The molecule has 1 unspecified atom stereocenters. The van der Waals surface area contributed by atoms with Gasteiger partial charge in [0, 0.05) is 17.4 Å². The first-order chi connectivity index (χ1) is 7.11. The normalized spacial score (nSPS) is 37.3. The molecule has 0 saturated carbocycles. The Hall–Kier alpha value is -0.890. The second-order valence-corrected chi connectivity index (χ2v) is 3.31. The molecule has 8 nitrogen and oxygen atoms in total. The number of nitrogens with zero attached hydrogens (tertiary/aromatic N) is 3. The number of ether oxygens (including phenoxy) is 1. The van der Waals surface area contributed by atoms with Crippen LogP contribution < -0.4 is 0 Å². The van der Waals surface area contributed by atoms with Gasteiger partial charge in [-0.2, -0.15) is 0 Å². The summed E-state index contributed by atoms with van der Waals surface area (Å²) in [5, 5.41) is 39.9. The topological polar surface area (TPSA) is 139 Å². The third-order valence-electron chi connectivity index (χ3n) is 2.37. The van der Waals surface area contributed by atoms with E-state index in [9.17, 15) is 15.3 Å². The van der Waals surface area contributed by atoms with Crippen molar-refractivity contribution in [1.82, 2.24) is 0 Å². The first-order valence-electron chi connectivity index (χ1n) is 4.43. The summed E-state index contributed by atoms with van der Waals surface area (Å²) in [6.07, 6.45) is -4.84. The molecule has 8 heteroatoms. The van der Waals surface area contributed by atoms with Gasteiger partial charge in [-0.15, -0.1) is 0 Å². The highest BCUT2D eigenvalue weighted by atomic mass is 16.6. The SMILES string of the molecule is [N-]=[N+]=NC[C@@H]1[C@@H]([C@H](O)CO)OC(O)[C@@H]1O. The molecule has 15 heavy (non-hydrogen) atoms. The highest BCUT2D eigenvalue weighted by Gasteiger charge is 2.45. The van der Waals surface area contributed by atoms with E-state index in [4.69, 9.17) is 15.4 Å². The Labute approximate surface area is 85.3 Å². The first-order valence-corrected chi connectivity index (χ1v) is 4.43. The van der Waals surface area contributed by atoms with Gasteiger partial charge in [0.15, 0.2) is 6.29 Å². The Morgan fingerprint density at radius 3 is 2.67 bits per heavy atom. The standard InChI is InChI=1S/C7H13N3O5/c8-10-9-1-3-5(13)7(14)15-6(3)4(12)2-11/h3-7,11-14H,1-2H2/t3-,4+,5+,6-,7?/m0/s1. The third kappa shape index (κ3) is 2.57. The van der Waals surface area contributed by atoms with Crippen molar-refractivity contribution in [2.75, 3.05) is 13.2 Å². The minimum Gasteiger partial charge on any atom is -0.394 e. The predicted octanol–water partition coefficient (Wildman–Crippen LogP) is -1.66. The predicted molar refractivity (Wildman–Crippen MR) is 47.5 cm³/mol. The maximum atomic E-state index is 9.45. The molecule has 1 saturated heterocycles. The van der Waals surface area contributed by atoms with Gasteiger partial charge in [0.25, 0.3) is 0 Å². The summed E-state index contributed by atoms with van der Waals surface area (Å²) < 4.78 is 4.85. The van der Waals surface area contributed by atoms with Crippen LogP contribution in [0.5, 0.6) is 0 Å². The Kier molecular flexibility index (Phi) is 4.28. The molecule has 0 aromatic rings. The molecule has 86 valence electrons. The molecule has 4 N–H and O–H groups in total. The second-order valence-electron chi connectivity index (χ2n) is 3.31. The highest BCUT2D eigenvalue weighted by Crippen LogP contribution is 2.28. The van der Waals surface area contributed by atoms with Crippen LogP contribution in [-0.4, -0.2) is 58.2 Å². The Balaban J connectivity index is 2.72. The molecule has 0 aromatic heterocycles. The molecule has 1 heterocycles. The van der Waals surface area contributed by atoms with E-state index in [2.05, 4.69) is 10.0 Å².